The van der Waals surface area contributed by atoms with Gasteiger partial charge in [-0.05, 0) is 60.7 Å². The first-order valence-corrected chi connectivity index (χ1v) is 7.04. The molecular formula is C18H22O2. The third-order valence-electron chi connectivity index (χ3n) is 3.46. The quantitative estimate of drug-likeness (QED) is 0.850. The van der Waals surface area contributed by atoms with Crippen LogP contribution in [0.2, 0.25) is 0 Å². The van der Waals surface area contributed by atoms with Crippen LogP contribution in [0.15, 0.2) is 42.5 Å². The van der Waals surface area contributed by atoms with E-state index in [0.29, 0.717) is 5.92 Å². The maximum atomic E-state index is 9.48. The molecule has 2 heteroatoms. The Balaban J connectivity index is 2.15. The summed E-state index contributed by atoms with van der Waals surface area (Å²) in [4.78, 5) is 0. The minimum atomic E-state index is -0.448. The Morgan fingerprint density at radius 3 is 2.00 bits per heavy atom. The highest BCUT2D eigenvalue weighted by Gasteiger charge is 2.06. The van der Waals surface area contributed by atoms with Crippen LogP contribution in [0.1, 0.15) is 49.5 Å². The number of aliphatic hydroxyl groups is 1. The van der Waals surface area contributed by atoms with Crippen molar-refractivity contribution in [1.29, 1.82) is 0 Å². The summed E-state index contributed by atoms with van der Waals surface area (Å²) in [6, 6.07) is 13.7. The molecule has 20 heavy (non-hydrogen) atoms. The highest BCUT2D eigenvalue weighted by Crippen LogP contribution is 2.27. The van der Waals surface area contributed by atoms with Crippen LogP contribution in [0, 0.1) is 6.92 Å². The highest BCUT2D eigenvalue weighted by molar-refractivity contribution is 5.39. The summed E-state index contributed by atoms with van der Waals surface area (Å²) < 4.78 is 5.85. The number of rotatable bonds is 4. The van der Waals surface area contributed by atoms with Gasteiger partial charge in [0.1, 0.15) is 11.5 Å². The summed E-state index contributed by atoms with van der Waals surface area (Å²) in [5, 5.41) is 9.48. The van der Waals surface area contributed by atoms with Crippen molar-refractivity contribution in [2.45, 2.75) is 39.7 Å². The average molecular weight is 270 g/mol. The summed E-state index contributed by atoms with van der Waals surface area (Å²) in [6.07, 6.45) is -0.448. The first kappa shape index (κ1) is 14.6. The normalized spacial score (nSPS) is 12.5. The van der Waals surface area contributed by atoms with Gasteiger partial charge in [-0.25, -0.2) is 0 Å². The Morgan fingerprint density at radius 1 is 0.900 bits per heavy atom. The van der Waals surface area contributed by atoms with Gasteiger partial charge in [0.05, 0.1) is 6.10 Å². The lowest BCUT2D eigenvalue weighted by Crippen LogP contribution is -1.94. The second-order valence-corrected chi connectivity index (χ2v) is 5.52. The third kappa shape index (κ3) is 3.40. The molecule has 2 rings (SSSR count). The molecule has 1 N–H and O–H groups in total. The zero-order chi connectivity index (χ0) is 14.7. The van der Waals surface area contributed by atoms with Crippen molar-refractivity contribution in [1.82, 2.24) is 0 Å². The van der Waals surface area contributed by atoms with E-state index < -0.39 is 6.10 Å². The van der Waals surface area contributed by atoms with E-state index in [2.05, 4.69) is 32.9 Å². The van der Waals surface area contributed by atoms with Crippen LogP contribution in [-0.2, 0) is 0 Å². The van der Waals surface area contributed by atoms with Gasteiger partial charge in [0, 0.05) is 0 Å². The molecule has 2 nitrogen and oxygen atoms in total. The Bertz CT molecular complexity index is 568. The van der Waals surface area contributed by atoms with Crippen LogP contribution in [0.25, 0.3) is 0 Å². The van der Waals surface area contributed by atoms with Gasteiger partial charge in [0.25, 0.3) is 0 Å². The number of aryl methyl sites for hydroxylation is 1. The van der Waals surface area contributed by atoms with E-state index in [9.17, 15) is 5.11 Å². The van der Waals surface area contributed by atoms with Gasteiger partial charge in [-0.2, -0.15) is 0 Å². The van der Waals surface area contributed by atoms with Crippen molar-refractivity contribution in [3.8, 4) is 11.5 Å². The van der Waals surface area contributed by atoms with E-state index in [1.165, 1.54) is 11.1 Å². The lowest BCUT2D eigenvalue weighted by molar-refractivity contribution is 0.199. The zero-order valence-electron chi connectivity index (χ0n) is 12.6. The van der Waals surface area contributed by atoms with Crippen molar-refractivity contribution in [3.05, 3.63) is 59.2 Å². The summed E-state index contributed by atoms with van der Waals surface area (Å²) in [5.74, 6) is 2.15. The molecule has 0 aliphatic heterocycles. The summed E-state index contributed by atoms with van der Waals surface area (Å²) in [5.41, 5.74) is 3.49. The van der Waals surface area contributed by atoms with Gasteiger partial charge in [0.2, 0.25) is 0 Å². The molecule has 2 aromatic carbocycles. The first-order chi connectivity index (χ1) is 9.47. The maximum absolute atomic E-state index is 9.48. The van der Waals surface area contributed by atoms with E-state index in [-0.39, 0.29) is 0 Å². The lowest BCUT2D eigenvalue weighted by Gasteiger charge is -2.12. The van der Waals surface area contributed by atoms with Gasteiger partial charge >= 0.3 is 0 Å². The van der Waals surface area contributed by atoms with E-state index in [0.717, 1.165) is 17.1 Å². The number of ether oxygens (including phenoxy) is 1. The van der Waals surface area contributed by atoms with Crippen molar-refractivity contribution in [3.63, 3.8) is 0 Å². The minimum Gasteiger partial charge on any atom is -0.457 e. The molecule has 2 aromatic rings. The van der Waals surface area contributed by atoms with Crippen LogP contribution in [0.5, 0.6) is 11.5 Å². The molecule has 0 aliphatic rings. The van der Waals surface area contributed by atoms with E-state index in [1.54, 1.807) is 6.92 Å². The van der Waals surface area contributed by atoms with Gasteiger partial charge in [0.15, 0.2) is 0 Å². The SMILES string of the molecule is Cc1cc(Oc2ccc([C@H](C)O)cc2)ccc1C(C)C. The number of benzene rings is 2. The average Bonchev–Trinajstić information content (AvgIpc) is 2.39. The third-order valence-corrected chi connectivity index (χ3v) is 3.46. The molecule has 0 bridgehead atoms. The van der Waals surface area contributed by atoms with E-state index in [1.807, 2.05) is 30.3 Å². The molecule has 0 aromatic heterocycles. The summed E-state index contributed by atoms with van der Waals surface area (Å²) >= 11 is 0. The van der Waals surface area contributed by atoms with Crippen molar-refractivity contribution < 1.29 is 9.84 Å². The molecule has 1 atom stereocenters. The molecule has 0 amide bonds. The number of aliphatic hydroxyl groups excluding tert-OH is 1. The van der Waals surface area contributed by atoms with Gasteiger partial charge in [-0.15, -0.1) is 0 Å². The highest BCUT2D eigenvalue weighted by atomic mass is 16.5. The monoisotopic (exact) mass is 270 g/mol. The van der Waals surface area contributed by atoms with E-state index in [4.69, 9.17) is 4.74 Å². The predicted molar refractivity (Wildman–Crippen MR) is 82.4 cm³/mol. The molecule has 0 saturated heterocycles. The molecule has 106 valence electrons. The van der Waals surface area contributed by atoms with Crippen LogP contribution in [-0.4, -0.2) is 5.11 Å². The molecule has 0 unspecified atom stereocenters. The van der Waals surface area contributed by atoms with Gasteiger partial charge in [-0.1, -0.05) is 32.0 Å². The maximum Gasteiger partial charge on any atom is 0.127 e. The van der Waals surface area contributed by atoms with Gasteiger partial charge in [-0.3, -0.25) is 0 Å². The Labute approximate surface area is 121 Å². The first-order valence-electron chi connectivity index (χ1n) is 7.04. The Hall–Kier alpha value is -1.80. The predicted octanol–water partition coefficient (Wildman–Crippen LogP) is 4.96. The fourth-order valence-corrected chi connectivity index (χ4v) is 2.31. The summed E-state index contributed by atoms with van der Waals surface area (Å²) in [6.45, 7) is 8.25. The molecule has 0 fully saturated rings. The van der Waals surface area contributed by atoms with Crippen LogP contribution >= 0.6 is 0 Å². The number of hydrogen-bond acceptors (Lipinski definition) is 2. The van der Waals surface area contributed by atoms with Crippen molar-refractivity contribution >= 4 is 0 Å². The molecule has 0 heterocycles. The largest absolute Gasteiger partial charge is 0.457 e. The van der Waals surface area contributed by atoms with E-state index >= 15 is 0 Å². The fourth-order valence-electron chi connectivity index (χ4n) is 2.31. The smallest absolute Gasteiger partial charge is 0.127 e. The standard InChI is InChI=1S/C18H22O2/c1-12(2)18-10-9-17(11-13(18)3)20-16-7-5-15(6-8-16)14(4)19/h5-12,14,19H,1-4H3/t14-/m0/s1. The van der Waals surface area contributed by atoms with Crippen molar-refractivity contribution in [2.75, 3.05) is 0 Å². The molecule has 0 radical (unpaired) electrons. The molecule has 0 saturated carbocycles. The Kier molecular flexibility index (Phi) is 4.46. The molecule has 0 aliphatic carbocycles. The van der Waals surface area contributed by atoms with Crippen LogP contribution in [0.4, 0.5) is 0 Å². The van der Waals surface area contributed by atoms with Crippen molar-refractivity contribution in [2.24, 2.45) is 0 Å². The molecular weight excluding hydrogens is 248 g/mol. The second kappa shape index (κ2) is 6.10. The minimum absolute atomic E-state index is 0.448. The fraction of sp³-hybridized carbons (Fsp3) is 0.333. The Morgan fingerprint density at radius 2 is 1.50 bits per heavy atom. The molecule has 0 spiro atoms. The topological polar surface area (TPSA) is 29.5 Å². The zero-order valence-corrected chi connectivity index (χ0v) is 12.6. The second-order valence-electron chi connectivity index (χ2n) is 5.52. The van der Waals surface area contributed by atoms with Gasteiger partial charge < -0.3 is 9.84 Å². The number of hydrogen-bond donors (Lipinski definition) is 1. The lowest BCUT2D eigenvalue weighted by atomic mass is 9.98. The summed E-state index contributed by atoms with van der Waals surface area (Å²) in [7, 11) is 0. The van der Waals surface area contributed by atoms with Crippen LogP contribution < -0.4 is 4.74 Å². The van der Waals surface area contributed by atoms with Crippen LogP contribution in [0.3, 0.4) is 0 Å².